The first-order chi connectivity index (χ1) is 10.7. The van der Waals surface area contributed by atoms with E-state index in [0.717, 1.165) is 4.47 Å². The highest BCUT2D eigenvalue weighted by Crippen LogP contribution is 2.22. The van der Waals surface area contributed by atoms with Gasteiger partial charge in [-0.25, -0.2) is 14.3 Å². The van der Waals surface area contributed by atoms with Crippen molar-refractivity contribution in [2.75, 3.05) is 5.32 Å². The van der Waals surface area contributed by atoms with Crippen molar-refractivity contribution >= 4 is 33.8 Å². The summed E-state index contributed by atoms with van der Waals surface area (Å²) >= 11 is 3.32. The van der Waals surface area contributed by atoms with E-state index in [9.17, 15) is 14.7 Å². The van der Waals surface area contributed by atoms with E-state index in [0.29, 0.717) is 5.69 Å². The zero-order valence-electron chi connectivity index (χ0n) is 12.8. The second-order valence-electron chi connectivity index (χ2n) is 5.73. The molecule has 2 N–H and O–H groups in total. The summed E-state index contributed by atoms with van der Waals surface area (Å²) in [4.78, 5) is 23.3. The van der Waals surface area contributed by atoms with Crippen molar-refractivity contribution in [2.45, 2.75) is 26.4 Å². The lowest BCUT2D eigenvalue weighted by Crippen LogP contribution is -2.28. The van der Waals surface area contributed by atoms with Gasteiger partial charge in [0.1, 0.15) is 11.2 Å². The molecule has 1 amide bonds. The van der Waals surface area contributed by atoms with Crippen LogP contribution in [-0.2, 0) is 4.74 Å². The highest BCUT2D eigenvalue weighted by atomic mass is 79.9. The Morgan fingerprint density at radius 1 is 1.26 bits per heavy atom. The van der Waals surface area contributed by atoms with Gasteiger partial charge in [-0.3, -0.25) is 5.32 Å². The summed E-state index contributed by atoms with van der Waals surface area (Å²) in [5.74, 6) is -1.16. The number of carbonyl (C=O) groups is 2. The number of anilines is 1. The first-order valence-corrected chi connectivity index (χ1v) is 7.54. The number of nitrogens with zero attached hydrogens (tertiary/aromatic N) is 2. The monoisotopic (exact) mass is 381 g/mol. The molecule has 7 nitrogen and oxygen atoms in total. The molecular formula is C15H16BrN3O4. The lowest BCUT2D eigenvalue weighted by Gasteiger charge is -2.20. The first-order valence-electron chi connectivity index (χ1n) is 6.74. The molecule has 0 fully saturated rings. The number of carbonyl (C=O) groups excluding carboxylic acids is 1. The Morgan fingerprint density at radius 3 is 2.39 bits per heavy atom. The summed E-state index contributed by atoms with van der Waals surface area (Å²) in [5, 5.41) is 15.8. The van der Waals surface area contributed by atoms with Gasteiger partial charge in [-0.1, -0.05) is 15.9 Å². The van der Waals surface area contributed by atoms with Gasteiger partial charge in [0.15, 0.2) is 5.82 Å². The van der Waals surface area contributed by atoms with E-state index < -0.39 is 17.7 Å². The molecule has 0 aliphatic carbocycles. The van der Waals surface area contributed by atoms with Crippen molar-refractivity contribution in [3.05, 3.63) is 40.5 Å². The molecule has 0 bridgehead atoms. The van der Waals surface area contributed by atoms with Crippen LogP contribution in [0.2, 0.25) is 0 Å². The second-order valence-corrected chi connectivity index (χ2v) is 6.64. The van der Waals surface area contributed by atoms with Crippen LogP contribution < -0.4 is 5.32 Å². The third-order valence-electron chi connectivity index (χ3n) is 2.69. The fourth-order valence-corrected chi connectivity index (χ4v) is 2.07. The third-order valence-corrected chi connectivity index (χ3v) is 3.22. The van der Waals surface area contributed by atoms with Crippen LogP contribution in [0.3, 0.4) is 0 Å². The molecule has 2 rings (SSSR count). The van der Waals surface area contributed by atoms with E-state index >= 15 is 0 Å². The van der Waals surface area contributed by atoms with Crippen LogP contribution >= 0.6 is 15.9 Å². The van der Waals surface area contributed by atoms with Crippen LogP contribution in [0.15, 0.2) is 34.9 Å². The SMILES string of the molecule is CC(C)(C)OC(=O)Nc1c(C(=O)O)cnn1-c1ccc(Br)cc1. The largest absolute Gasteiger partial charge is 0.477 e. The molecule has 1 heterocycles. The highest BCUT2D eigenvalue weighted by molar-refractivity contribution is 9.10. The summed E-state index contributed by atoms with van der Waals surface area (Å²) in [7, 11) is 0. The fraction of sp³-hybridized carbons (Fsp3) is 0.267. The number of aromatic carboxylic acids is 1. The van der Waals surface area contributed by atoms with Crippen molar-refractivity contribution in [1.82, 2.24) is 9.78 Å². The Labute approximate surface area is 141 Å². The molecular weight excluding hydrogens is 366 g/mol. The minimum absolute atomic E-state index is 0.0362. The Hall–Kier alpha value is -2.35. The van der Waals surface area contributed by atoms with Gasteiger partial charge in [-0.2, -0.15) is 5.10 Å². The molecule has 0 saturated carbocycles. The number of carboxylic acids is 1. The first kappa shape index (κ1) is 17.0. The fourth-order valence-electron chi connectivity index (χ4n) is 1.80. The van der Waals surface area contributed by atoms with Gasteiger partial charge >= 0.3 is 12.1 Å². The Morgan fingerprint density at radius 2 is 1.87 bits per heavy atom. The average molecular weight is 382 g/mol. The normalized spacial score (nSPS) is 11.1. The number of halogens is 1. The minimum atomic E-state index is -1.19. The lowest BCUT2D eigenvalue weighted by molar-refractivity contribution is 0.0635. The summed E-state index contributed by atoms with van der Waals surface area (Å²) in [6.45, 7) is 5.16. The number of nitrogens with one attached hydrogen (secondary N) is 1. The van der Waals surface area contributed by atoms with Crippen molar-refractivity contribution in [1.29, 1.82) is 0 Å². The summed E-state index contributed by atoms with van der Waals surface area (Å²) in [6, 6.07) is 7.05. The maximum Gasteiger partial charge on any atom is 0.413 e. The predicted octanol–water partition coefficient (Wildman–Crippen LogP) is 3.68. The van der Waals surface area contributed by atoms with Gasteiger partial charge < -0.3 is 9.84 Å². The molecule has 8 heteroatoms. The van der Waals surface area contributed by atoms with Gasteiger partial charge in [0.05, 0.1) is 11.9 Å². The molecule has 0 spiro atoms. The van der Waals surface area contributed by atoms with Crippen LogP contribution in [0.4, 0.5) is 10.6 Å². The smallest absolute Gasteiger partial charge is 0.413 e. The van der Waals surface area contributed by atoms with E-state index in [1.54, 1.807) is 45.0 Å². The lowest BCUT2D eigenvalue weighted by atomic mass is 10.2. The number of hydrogen-bond acceptors (Lipinski definition) is 4. The average Bonchev–Trinajstić information content (AvgIpc) is 2.81. The molecule has 0 unspecified atom stereocenters. The van der Waals surface area contributed by atoms with Crippen LogP contribution in [0, 0.1) is 0 Å². The van der Waals surface area contributed by atoms with Gasteiger partial charge in [0.2, 0.25) is 0 Å². The van der Waals surface area contributed by atoms with Gasteiger partial charge in [-0.15, -0.1) is 0 Å². The molecule has 1 aromatic heterocycles. The van der Waals surface area contributed by atoms with Crippen molar-refractivity contribution < 1.29 is 19.4 Å². The van der Waals surface area contributed by atoms with Crippen LogP contribution in [-0.4, -0.2) is 32.6 Å². The topological polar surface area (TPSA) is 93.4 Å². The third kappa shape index (κ3) is 4.32. The molecule has 122 valence electrons. The Kier molecular flexibility index (Phi) is 4.74. The molecule has 0 atom stereocenters. The summed E-state index contributed by atoms with van der Waals surface area (Å²) in [5.41, 5.74) is -0.221. The Bertz CT molecular complexity index is 732. The van der Waals surface area contributed by atoms with Crippen LogP contribution in [0.5, 0.6) is 0 Å². The van der Waals surface area contributed by atoms with Crippen molar-refractivity contribution in [3.63, 3.8) is 0 Å². The molecule has 0 saturated heterocycles. The van der Waals surface area contributed by atoms with E-state index in [-0.39, 0.29) is 11.4 Å². The number of aromatic nitrogens is 2. The highest BCUT2D eigenvalue weighted by Gasteiger charge is 2.23. The number of amides is 1. The standard InChI is InChI=1S/C15H16BrN3O4/c1-15(2,3)23-14(22)18-12-11(13(20)21)8-17-19(12)10-6-4-9(16)5-7-10/h4-8H,1-3H3,(H,18,22)(H,20,21). The molecule has 0 aliphatic heterocycles. The minimum Gasteiger partial charge on any atom is -0.477 e. The number of ether oxygens (including phenoxy) is 1. The quantitative estimate of drug-likeness (QED) is 0.845. The van der Waals surface area contributed by atoms with E-state index in [2.05, 4.69) is 26.3 Å². The van der Waals surface area contributed by atoms with E-state index in [1.165, 1.54) is 10.9 Å². The second kappa shape index (κ2) is 6.41. The van der Waals surface area contributed by atoms with Crippen molar-refractivity contribution in [3.8, 4) is 5.69 Å². The molecule has 0 radical (unpaired) electrons. The molecule has 1 aromatic carbocycles. The molecule has 2 aromatic rings. The number of rotatable bonds is 3. The van der Waals surface area contributed by atoms with Crippen LogP contribution in [0.25, 0.3) is 5.69 Å². The molecule has 0 aliphatic rings. The van der Waals surface area contributed by atoms with Gasteiger partial charge in [0.25, 0.3) is 0 Å². The number of benzene rings is 1. The van der Waals surface area contributed by atoms with E-state index in [1.807, 2.05) is 0 Å². The Balaban J connectivity index is 2.39. The summed E-state index contributed by atoms with van der Waals surface area (Å²) in [6.07, 6.45) is 0.427. The van der Waals surface area contributed by atoms with Gasteiger partial charge in [-0.05, 0) is 45.0 Å². The predicted molar refractivity (Wildman–Crippen MR) is 88.1 cm³/mol. The maximum absolute atomic E-state index is 12.0. The van der Waals surface area contributed by atoms with Gasteiger partial charge in [0, 0.05) is 4.47 Å². The van der Waals surface area contributed by atoms with Crippen LogP contribution in [0.1, 0.15) is 31.1 Å². The zero-order chi connectivity index (χ0) is 17.2. The zero-order valence-corrected chi connectivity index (χ0v) is 14.4. The number of carboxylic acid groups (broad SMARTS) is 1. The van der Waals surface area contributed by atoms with Crippen molar-refractivity contribution in [2.24, 2.45) is 0 Å². The number of hydrogen-bond donors (Lipinski definition) is 2. The van der Waals surface area contributed by atoms with E-state index in [4.69, 9.17) is 4.74 Å². The maximum atomic E-state index is 12.0. The summed E-state index contributed by atoms with van der Waals surface area (Å²) < 4.78 is 7.37. The molecule has 23 heavy (non-hydrogen) atoms.